The van der Waals surface area contributed by atoms with Crippen LogP contribution in [-0.4, -0.2) is 67.9 Å². The molecule has 182 valence electrons. The van der Waals surface area contributed by atoms with Crippen molar-refractivity contribution in [3.8, 4) is 5.75 Å². The summed E-state index contributed by atoms with van der Waals surface area (Å²) in [5, 5.41) is 8.77. The predicted octanol–water partition coefficient (Wildman–Crippen LogP) is 3.61. The van der Waals surface area contributed by atoms with Crippen LogP contribution in [0.1, 0.15) is 39.0 Å². The average molecular weight is 501 g/mol. The summed E-state index contributed by atoms with van der Waals surface area (Å²) < 4.78 is 53.5. The lowest BCUT2D eigenvalue weighted by Crippen LogP contribution is -2.58. The van der Waals surface area contributed by atoms with Crippen molar-refractivity contribution in [3.63, 3.8) is 0 Å². The molecule has 1 aliphatic carbocycles. The lowest BCUT2D eigenvalue weighted by atomic mass is 9.76. The van der Waals surface area contributed by atoms with Gasteiger partial charge in [-0.3, -0.25) is 0 Å². The Morgan fingerprint density at radius 1 is 1.42 bits per heavy atom. The first-order valence-corrected chi connectivity index (χ1v) is 13.6. The minimum Gasteiger partial charge on any atom is -0.476 e. The van der Waals surface area contributed by atoms with Crippen molar-refractivity contribution in [1.29, 1.82) is 0 Å². The van der Waals surface area contributed by atoms with Crippen molar-refractivity contribution in [2.45, 2.75) is 66.5 Å². The number of hydrogen-bond donors (Lipinski definition) is 1. The highest BCUT2D eigenvalue weighted by molar-refractivity contribution is 7.98. The minimum absolute atomic E-state index is 0.0747. The van der Waals surface area contributed by atoms with Gasteiger partial charge in [-0.05, 0) is 31.6 Å². The zero-order valence-electron chi connectivity index (χ0n) is 18.9. The van der Waals surface area contributed by atoms with Crippen LogP contribution in [0.4, 0.5) is 10.1 Å². The van der Waals surface area contributed by atoms with E-state index < -0.39 is 21.8 Å². The fourth-order valence-electron chi connectivity index (χ4n) is 4.90. The first kappa shape index (κ1) is 24.3. The van der Waals surface area contributed by atoms with Gasteiger partial charge >= 0.3 is 5.97 Å². The molecular weight excluding hydrogens is 471 g/mol. The maximum atomic E-state index is 13.7. The number of carboxylic acids is 1. The average Bonchev–Trinajstić information content (AvgIpc) is 3.36. The maximum Gasteiger partial charge on any atom is 0.368 e. The second-order valence-electron chi connectivity index (χ2n) is 8.85. The molecule has 0 unspecified atom stereocenters. The number of anilines is 1. The third-order valence-corrected chi connectivity index (χ3v) is 9.56. The molecule has 3 heterocycles. The highest BCUT2D eigenvalue weighted by atomic mass is 32.2. The third-order valence-electron chi connectivity index (χ3n) is 6.86. The first-order chi connectivity index (χ1) is 15.6. The number of nitrogens with zero attached hydrogens (tertiary/aromatic N) is 2. The molecule has 33 heavy (non-hydrogen) atoms. The number of aliphatic carboxylic acids is 1. The second kappa shape index (κ2) is 9.09. The Hall–Kier alpha value is -1.82. The Kier molecular flexibility index (Phi) is 6.69. The number of hydrogen-bond acceptors (Lipinski definition) is 7. The number of likely N-dealkylation sites (N-methyl/N-ethyl adjacent to an activating group) is 1. The molecule has 5 rings (SSSR count). The molecule has 0 spiro atoms. The van der Waals surface area contributed by atoms with Gasteiger partial charge < -0.3 is 19.5 Å². The molecule has 0 radical (unpaired) electrons. The van der Waals surface area contributed by atoms with Crippen LogP contribution in [0.2, 0.25) is 0 Å². The van der Waals surface area contributed by atoms with Gasteiger partial charge in [-0.25, -0.2) is 13.2 Å². The summed E-state index contributed by atoms with van der Waals surface area (Å²) in [6.07, 6.45) is 6.82. The number of thioether (sulfide) groups is 1. The SMILES string of the molecule is CCCC[C@H]1CN(C23COC(C2)C3)c2cc(SC)c(O/C=C(\F)C(=O)O)cc2S(=O)(=O)N1C. The zero-order valence-corrected chi connectivity index (χ0v) is 20.5. The number of carbonyl (C=O) groups is 1. The van der Waals surface area contributed by atoms with Crippen molar-refractivity contribution >= 4 is 33.4 Å². The summed E-state index contributed by atoms with van der Waals surface area (Å²) in [4.78, 5) is 13.7. The standard InChI is InChI=1S/C22H29FN2O6S2/c1-4-5-6-14-11-25(22-9-15(10-22)31-13-22)17-7-19(32-3)18(30-12-16(23)21(26)27)8-20(17)33(28,29)24(14)2/h7-8,12,14-15H,4-6,9-11,13H2,1-3H3,(H,26,27)/b16-12-/t14-,15?,22?/m0/s1. The topological polar surface area (TPSA) is 96.4 Å². The number of fused-ring (bicyclic) bond motifs is 2. The van der Waals surface area contributed by atoms with Gasteiger partial charge in [0.25, 0.3) is 0 Å². The van der Waals surface area contributed by atoms with Gasteiger partial charge in [-0.2, -0.15) is 8.70 Å². The van der Waals surface area contributed by atoms with Crippen molar-refractivity contribution in [1.82, 2.24) is 4.31 Å². The molecule has 3 fully saturated rings. The zero-order chi connectivity index (χ0) is 24.0. The number of unbranched alkanes of at least 4 members (excludes halogenated alkanes) is 1. The van der Waals surface area contributed by atoms with E-state index in [0.717, 1.165) is 32.1 Å². The predicted molar refractivity (Wildman–Crippen MR) is 123 cm³/mol. The van der Waals surface area contributed by atoms with Crippen LogP contribution >= 0.6 is 11.8 Å². The highest BCUT2D eigenvalue weighted by Crippen LogP contribution is 2.52. The van der Waals surface area contributed by atoms with E-state index in [2.05, 4.69) is 11.8 Å². The summed E-state index contributed by atoms with van der Waals surface area (Å²) in [5.74, 6) is -3.14. The van der Waals surface area contributed by atoms with E-state index in [4.69, 9.17) is 14.6 Å². The van der Waals surface area contributed by atoms with Crippen LogP contribution in [-0.2, 0) is 19.6 Å². The third kappa shape index (κ3) is 4.24. The molecule has 0 amide bonds. The van der Waals surface area contributed by atoms with E-state index in [0.29, 0.717) is 30.0 Å². The monoisotopic (exact) mass is 500 g/mol. The molecule has 1 N–H and O–H groups in total. The normalized spacial score (nSPS) is 28.7. The van der Waals surface area contributed by atoms with Crippen LogP contribution in [0.5, 0.6) is 5.75 Å². The first-order valence-electron chi connectivity index (χ1n) is 11.0. The van der Waals surface area contributed by atoms with Crippen molar-refractivity contribution in [2.24, 2.45) is 0 Å². The number of benzene rings is 1. The number of halogens is 1. The largest absolute Gasteiger partial charge is 0.476 e. The Balaban J connectivity index is 1.84. The summed E-state index contributed by atoms with van der Waals surface area (Å²) in [6.45, 7) is 3.19. The Morgan fingerprint density at radius 3 is 2.73 bits per heavy atom. The minimum atomic E-state index is -3.88. The quantitative estimate of drug-likeness (QED) is 0.329. The molecule has 8 nitrogen and oxygen atoms in total. The molecule has 1 atom stereocenters. The van der Waals surface area contributed by atoms with Gasteiger partial charge in [0.1, 0.15) is 16.9 Å². The summed E-state index contributed by atoms with van der Waals surface area (Å²) in [5.41, 5.74) is 0.349. The van der Waals surface area contributed by atoms with E-state index in [9.17, 15) is 17.6 Å². The van der Waals surface area contributed by atoms with Gasteiger partial charge in [0.15, 0.2) is 0 Å². The van der Waals surface area contributed by atoms with E-state index >= 15 is 0 Å². The molecule has 1 aromatic carbocycles. The van der Waals surface area contributed by atoms with Crippen LogP contribution in [0.15, 0.2) is 34.0 Å². The lowest BCUT2D eigenvalue weighted by molar-refractivity contribution is -0.134. The van der Waals surface area contributed by atoms with Crippen molar-refractivity contribution in [3.05, 3.63) is 24.2 Å². The van der Waals surface area contributed by atoms with Crippen LogP contribution in [0, 0.1) is 0 Å². The van der Waals surface area contributed by atoms with Crippen molar-refractivity contribution in [2.75, 3.05) is 31.4 Å². The molecule has 2 bridgehead atoms. The van der Waals surface area contributed by atoms with E-state index in [1.165, 1.54) is 22.1 Å². The molecular formula is C22H29FN2O6S2. The Morgan fingerprint density at radius 2 is 2.15 bits per heavy atom. The van der Waals surface area contributed by atoms with E-state index in [1.54, 1.807) is 19.4 Å². The molecule has 11 heteroatoms. The smallest absolute Gasteiger partial charge is 0.368 e. The summed E-state index contributed by atoms with van der Waals surface area (Å²) in [7, 11) is -2.28. The molecule has 4 aliphatic rings. The molecule has 2 saturated heterocycles. The van der Waals surface area contributed by atoms with E-state index in [-0.39, 0.29) is 28.3 Å². The fraction of sp³-hybridized carbons (Fsp3) is 0.591. The number of sulfonamides is 1. The second-order valence-corrected chi connectivity index (χ2v) is 11.7. The van der Waals surface area contributed by atoms with Gasteiger partial charge in [0, 0.05) is 25.7 Å². The van der Waals surface area contributed by atoms with Crippen LogP contribution in [0.3, 0.4) is 0 Å². The van der Waals surface area contributed by atoms with Crippen LogP contribution < -0.4 is 9.64 Å². The summed E-state index contributed by atoms with van der Waals surface area (Å²) in [6, 6.07) is 2.94. The molecule has 0 aromatic heterocycles. The van der Waals surface area contributed by atoms with E-state index in [1.807, 2.05) is 0 Å². The Bertz CT molecular complexity index is 1070. The van der Waals surface area contributed by atoms with Crippen molar-refractivity contribution < 1.29 is 32.2 Å². The van der Waals surface area contributed by atoms with Gasteiger partial charge in [0.05, 0.1) is 28.8 Å². The fourth-order valence-corrected chi connectivity index (χ4v) is 7.00. The van der Waals surface area contributed by atoms with Gasteiger partial charge in [-0.1, -0.05) is 19.8 Å². The number of rotatable bonds is 8. The lowest BCUT2D eigenvalue weighted by Gasteiger charge is -2.47. The van der Waals surface area contributed by atoms with Crippen LogP contribution in [0.25, 0.3) is 0 Å². The maximum absolute atomic E-state index is 13.7. The highest BCUT2D eigenvalue weighted by Gasteiger charge is 2.57. The number of carboxylic acid groups (broad SMARTS) is 1. The summed E-state index contributed by atoms with van der Waals surface area (Å²) >= 11 is 1.32. The Labute approximate surface area is 197 Å². The van der Waals surface area contributed by atoms with Gasteiger partial charge in [0.2, 0.25) is 15.9 Å². The molecule has 3 aliphatic heterocycles. The van der Waals surface area contributed by atoms with Gasteiger partial charge in [-0.15, -0.1) is 11.8 Å². The number of ether oxygens (including phenoxy) is 2. The molecule has 1 aromatic rings. The molecule has 1 saturated carbocycles.